The molecule has 16 heteroatoms. The van der Waals surface area contributed by atoms with Crippen molar-refractivity contribution >= 4 is 68.7 Å². The zero-order chi connectivity index (χ0) is 75.4. The summed E-state index contributed by atoms with van der Waals surface area (Å²) in [6.07, 6.45) is 0. The van der Waals surface area contributed by atoms with Crippen LogP contribution in [0.1, 0.15) is 123 Å². The monoisotopic (exact) mass is 1440 g/mol. The summed E-state index contributed by atoms with van der Waals surface area (Å²) in [7, 11) is 0. The minimum atomic E-state index is -0.966. The van der Waals surface area contributed by atoms with Gasteiger partial charge in [-0.15, -0.1) is 0 Å². The fourth-order valence-electron chi connectivity index (χ4n) is 13.1. The molecule has 0 fully saturated rings. The lowest BCUT2D eigenvalue weighted by Crippen LogP contribution is -2.35. The number of aromatic nitrogens is 4. The number of hydrogen-bond acceptors (Lipinski definition) is 8. The highest BCUT2D eigenvalue weighted by atomic mass is 16.5. The molecule has 0 atom stereocenters. The van der Waals surface area contributed by atoms with E-state index in [-0.39, 0.29) is 50.1 Å². The third-order valence-electron chi connectivity index (χ3n) is 19.4. The summed E-state index contributed by atoms with van der Waals surface area (Å²) in [5.74, 6) is -0.960. The van der Waals surface area contributed by atoms with Gasteiger partial charge in [0.25, 0.3) is 0 Å². The number of rotatable bonds is 28. The molecule has 0 spiro atoms. The number of fused-ring (bicyclic) bond motifs is 8. The van der Waals surface area contributed by atoms with Crippen LogP contribution in [0.5, 0.6) is 0 Å². The standard InChI is InChI=1S/C92H92N8O8/c1-89(2,57-105-53-61-29-13-9-14-30-61)85(101)97-69-41-25-21-37-65(69)81-73-45-47-75(93-73)82(66-38-22-26-42-70(66)98-86(102)90(3,4)58-106-54-62-31-15-10-16-32-62)77-49-51-79(95-77)84(68-40-24-28-44-72(68)100-88(104)92(7,8)60-108-56-64-35-19-12-20-36-64)80-52-50-78(96-80)83(76-48-46-74(81)94-76)67-39-23-27-43-71(67)99-87(103)91(5,6)59-107-55-63-33-17-11-18-34-63/h9-52,93-96H,53-60H2,1-8H3,(H,97,101)(H,98,102)(H,99,103)(H,100,104). The molecule has 8 aromatic carbocycles. The molecule has 548 valence electrons. The smallest absolute Gasteiger partial charge is 0.232 e. The molecule has 5 heterocycles. The van der Waals surface area contributed by atoms with E-state index in [1.54, 1.807) is 0 Å². The predicted molar refractivity (Wildman–Crippen MR) is 428 cm³/mol. The molecule has 13 rings (SSSR count). The lowest BCUT2D eigenvalue weighted by atomic mass is 9.92. The molecule has 0 radical (unpaired) electrons. The van der Waals surface area contributed by atoms with Crippen LogP contribution in [-0.4, -0.2) is 70.0 Å². The SMILES string of the molecule is CC(C)(COCc1ccccc1)C(=O)Nc1ccccc1C1=c2ccc([nH]2)=C(c2ccccc2NC(=O)C(C)(C)COCc2ccccc2)c2ccc([nH]2)C(c2ccccc2NC(=O)C(C)(C)COCc2ccccc2)=c2ccc([nH]2)=C(c2ccccc2NC(=O)C(C)(C)COCc2ccccc2)c2ccc1[nH]2. The van der Waals surface area contributed by atoms with Crippen molar-refractivity contribution in [3.63, 3.8) is 0 Å². The highest BCUT2D eigenvalue weighted by molar-refractivity contribution is 6.02. The van der Waals surface area contributed by atoms with Crippen molar-refractivity contribution in [3.05, 3.63) is 356 Å². The molecule has 4 aromatic heterocycles. The zero-order valence-electron chi connectivity index (χ0n) is 62.3. The Kier molecular flexibility index (Phi) is 22.6. The molecule has 16 nitrogen and oxygen atoms in total. The number of amides is 4. The van der Waals surface area contributed by atoms with E-state index in [0.717, 1.165) is 22.3 Å². The van der Waals surface area contributed by atoms with Gasteiger partial charge in [-0.3, -0.25) is 19.2 Å². The molecular weight excluding hydrogens is 1350 g/mol. The van der Waals surface area contributed by atoms with E-state index in [0.29, 0.717) is 138 Å². The number of anilines is 4. The Morgan fingerprint density at radius 2 is 0.444 bits per heavy atom. The Morgan fingerprint density at radius 1 is 0.250 bits per heavy atom. The number of H-pyrrole nitrogens is 4. The number of carbonyl (C=O) groups is 4. The number of nitrogens with one attached hydrogen (secondary N) is 8. The molecular formula is C92H92N8O8. The Morgan fingerprint density at radius 3 is 0.657 bits per heavy atom. The number of carbonyl (C=O) groups excluding carboxylic acids is 4. The van der Waals surface area contributed by atoms with E-state index in [4.69, 9.17) is 18.9 Å². The minimum Gasteiger partial charge on any atom is -0.376 e. The van der Waals surface area contributed by atoms with E-state index in [1.165, 1.54) is 0 Å². The molecule has 0 aliphatic carbocycles. The topological polar surface area (TPSA) is 216 Å². The molecule has 1 aliphatic heterocycles. The van der Waals surface area contributed by atoms with Gasteiger partial charge in [0.2, 0.25) is 23.6 Å². The van der Waals surface area contributed by atoms with E-state index >= 15 is 0 Å². The summed E-state index contributed by atoms with van der Waals surface area (Å²) < 4.78 is 24.9. The molecule has 8 N–H and O–H groups in total. The maximum atomic E-state index is 14.8. The van der Waals surface area contributed by atoms with Crippen molar-refractivity contribution in [2.45, 2.75) is 81.8 Å². The van der Waals surface area contributed by atoms with Gasteiger partial charge in [0, 0.05) is 111 Å². The molecule has 0 saturated carbocycles. The molecule has 8 bridgehead atoms. The van der Waals surface area contributed by atoms with E-state index < -0.39 is 21.7 Å². The van der Waals surface area contributed by atoms with Gasteiger partial charge in [0.15, 0.2) is 0 Å². The second-order valence-electron chi connectivity index (χ2n) is 30.1. The van der Waals surface area contributed by atoms with Gasteiger partial charge in [-0.05, 0) is 150 Å². The first-order chi connectivity index (χ1) is 52.2. The number of benzene rings is 8. The summed E-state index contributed by atoms with van der Waals surface area (Å²) in [5.41, 5.74) is 10.7. The van der Waals surface area contributed by atoms with E-state index in [9.17, 15) is 19.2 Å². The predicted octanol–water partition coefficient (Wildman–Crippen LogP) is 15.0. The summed E-state index contributed by atoms with van der Waals surface area (Å²) in [6.45, 7) is 17.0. The number of aromatic amines is 4. The average Bonchev–Trinajstić information content (AvgIpc) is 1.59. The van der Waals surface area contributed by atoms with Crippen LogP contribution in [0.2, 0.25) is 0 Å². The molecule has 108 heavy (non-hydrogen) atoms. The highest BCUT2D eigenvalue weighted by Gasteiger charge is 2.34. The fourth-order valence-corrected chi connectivity index (χ4v) is 13.1. The zero-order valence-corrected chi connectivity index (χ0v) is 62.3. The Balaban J connectivity index is 0.996. The van der Waals surface area contributed by atoms with Gasteiger partial charge in [0.05, 0.1) is 74.5 Å². The maximum absolute atomic E-state index is 14.8. The lowest BCUT2D eigenvalue weighted by Gasteiger charge is -2.25. The largest absolute Gasteiger partial charge is 0.376 e. The first-order valence-corrected chi connectivity index (χ1v) is 36.5. The van der Waals surface area contributed by atoms with Crippen LogP contribution in [0, 0.1) is 21.7 Å². The maximum Gasteiger partial charge on any atom is 0.232 e. The van der Waals surface area contributed by atoms with Gasteiger partial charge < -0.3 is 60.2 Å². The van der Waals surface area contributed by atoms with Crippen LogP contribution in [0.25, 0.3) is 22.3 Å². The summed E-state index contributed by atoms with van der Waals surface area (Å²) in [6, 6.07) is 86.9. The number of hydrogen-bond donors (Lipinski definition) is 8. The Hall–Kier alpha value is -11.9. The second kappa shape index (κ2) is 32.8. The van der Waals surface area contributed by atoms with Crippen molar-refractivity contribution in [3.8, 4) is 0 Å². The molecule has 1 aliphatic rings. The third-order valence-corrected chi connectivity index (χ3v) is 19.4. The summed E-state index contributed by atoms with van der Waals surface area (Å²) >= 11 is 0. The second-order valence-corrected chi connectivity index (χ2v) is 30.1. The van der Waals surface area contributed by atoms with Gasteiger partial charge in [-0.2, -0.15) is 0 Å². The quantitative estimate of drug-likeness (QED) is 0.0235. The fraction of sp³-hybridized carbons (Fsp3) is 0.217. The molecule has 12 aromatic rings. The molecule has 0 unspecified atom stereocenters. The Bertz CT molecular complexity index is 4790. The number of para-hydroxylation sites is 4. The van der Waals surface area contributed by atoms with Crippen LogP contribution < -0.4 is 42.7 Å². The van der Waals surface area contributed by atoms with Crippen molar-refractivity contribution in [1.82, 2.24) is 19.9 Å². The van der Waals surface area contributed by atoms with Crippen LogP contribution in [0.15, 0.2) is 267 Å². The van der Waals surface area contributed by atoms with Crippen LogP contribution >= 0.6 is 0 Å². The van der Waals surface area contributed by atoms with Gasteiger partial charge in [-0.1, -0.05) is 194 Å². The first-order valence-electron chi connectivity index (χ1n) is 36.5. The molecule has 0 saturated heterocycles. The van der Waals surface area contributed by atoms with E-state index in [2.05, 4.69) is 41.2 Å². The van der Waals surface area contributed by atoms with Gasteiger partial charge >= 0.3 is 0 Å². The number of ether oxygens (including phenoxy) is 4. The van der Waals surface area contributed by atoms with Crippen LogP contribution in [-0.2, 0) is 64.6 Å². The van der Waals surface area contributed by atoms with Crippen molar-refractivity contribution in [2.75, 3.05) is 47.7 Å². The van der Waals surface area contributed by atoms with E-state index in [1.807, 2.05) is 322 Å². The van der Waals surface area contributed by atoms with Crippen molar-refractivity contribution < 1.29 is 38.1 Å². The molecule has 4 amide bonds. The minimum absolute atomic E-state index is 0.153. The summed E-state index contributed by atoms with van der Waals surface area (Å²) in [5, 5.41) is 16.1. The van der Waals surface area contributed by atoms with Gasteiger partial charge in [0.1, 0.15) is 0 Å². The van der Waals surface area contributed by atoms with Crippen LogP contribution in [0.3, 0.4) is 0 Å². The third kappa shape index (κ3) is 17.5. The van der Waals surface area contributed by atoms with Gasteiger partial charge in [-0.25, -0.2) is 0 Å². The highest BCUT2D eigenvalue weighted by Crippen LogP contribution is 2.37. The van der Waals surface area contributed by atoms with Crippen molar-refractivity contribution in [2.24, 2.45) is 21.7 Å². The normalized spacial score (nSPS) is 12.6. The van der Waals surface area contributed by atoms with Crippen LogP contribution in [0.4, 0.5) is 22.7 Å². The lowest BCUT2D eigenvalue weighted by molar-refractivity contribution is -0.128. The van der Waals surface area contributed by atoms with Crippen molar-refractivity contribution in [1.29, 1.82) is 0 Å². The summed E-state index contributed by atoms with van der Waals surface area (Å²) in [4.78, 5) is 75.0. The average molecular weight is 1440 g/mol. The first kappa shape index (κ1) is 74.4. The Labute approximate surface area is 630 Å².